The minimum atomic E-state index is -0.923. The number of benzene rings is 1. The molecule has 0 saturated carbocycles. The van der Waals surface area contributed by atoms with Crippen LogP contribution in [0.15, 0.2) is 18.2 Å². The largest absolute Gasteiger partial charge is 0.493 e. The Kier molecular flexibility index (Phi) is 7.87. The Balaban J connectivity index is 1.60. The molecule has 0 aliphatic carbocycles. The summed E-state index contributed by atoms with van der Waals surface area (Å²) < 4.78 is 25.1. The number of nitrogens with one attached hydrogen (secondary N) is 1. The van der Waals surface area contributed by atoms with Crippen molar-refractivity contribution in [3.05, 3.63) is 29.6 Å². The fourth-order valence-corrected chi connectivity index (χ4v) is 4.13. The van der Waals surface area contributed by atoms with Gasteiger partial charge in [-0.25, -0.2) is 9.18 Å². The molecule has 1 aromatic carbocycles. The predicted octanol–water partition coefficient (Wildman–Crippen LogP) is 1.33. The molecular formula is C21H31FN4O4. The molecule has 0 bridgehead atoms. The van der Waals surface area contributed by atoms with Gasteiger partial charge in [-0.2, -0.15) is 0 Å². The van der Waals surface area contributed by atoms with Crippen molar-refractivity contribution in [1.82, 2.24) is 15.1 Å². The van der Waals surface area contributed by atoms with Crippen LogP contribution in [0.4, 0.5) is 9.18 Å². The van der Waals surface area contributed by atoms with E-state index in [4.69, 9.17) is 15.2 Å². The Bertz CT molecular complexity index is 734. The van der Waals surface area contributed by atoms with E-state index in [9.17, 15) is 14.0 Å². The maximum Gasteiger partial charge on any atom is 0.405 e. The first-order chi connectivity index (χ1) is 14.5. The molecule has 30 heavy (non-hydrogen) atoms. The van der Waals surface area contributed by atoms with Crippen molar-refractivity contribution in [3.8, 4) is 5.75 Å². The first kappa shape index (κ1) is 22.3. The van der Waals surface area contributed by atoms with Crippen molar-refractivity contribution in [3.63, 3.8) is 0 Å². The summed E-state index contributed by atoms with van der Waals surface area (Å²) in [5.74, 6) is 0.0369. The minimum Gasteiger partial charge on any atom is -0.493 e. The van der Waals surface area contributed by atoms with Gasteiger partial charge in [0.15, 0.2) is 6.10 Å². The summed E-state index contributed by atoms with van der Waals surface area (Å²) in [5, 5.41) is 3.24. The lowest BCUT2D eigenvalue weighted by Crippen LogP contribution is -2.54. The zero-order valence-electron chi connectivity index (χ0n) is 17.4. The first-order valence-corrected chi connectivity index (χ1v) is 10.6. The van der Waals surface area contributed by atoms with Crippen molar-refractivity contribution in [2.75, 3.05) is 45.9 Å². The second-order valence-electron chi connectivity index (χ2n) is 7.70. The van der Waals surface area contributed by atoms with Crippen molar-refractivity contribution in [2.24, 2.45) is 11.7 Å². The van der Waals surface area contributed by atoms with Gasteiger partial charge in [0, 0.05) is 44.2 Å². The molecule has 9 heteroatoms. The summed E-state index contributed by atoms with van der Waals surface area (Å²) in [5.41, 5.74) is 5.76. The Morgan fingerprint density at radius 2 is 1.93 bits per heavy atom. The molecule has 166 valence electrons. The lowest BCUT2D eigenvalue weighted by atomic mass is 9.91. The third-order valence-corrected chi connectivity index (χ3v) is 5.74. The molecule has 0 radical (unpaired) electrons. The van der Waals surface area contributed by atoms with E-state index in [1.165, 1.54) is 6.07 Å². The summed E-state index contributed by atoms with van der Waals surface area (Å²) in [7, 11) is 0. The van der Waals surface area contributed by atoms with E-state index in [0.717, 1.165) is 25.9 Å². The topological polar surface area (TPSA) is 97.1 Å². The molecule has 2 amide bonds. The van der Waals surface area contributed by atoms with Crippen LogP contribution in [-0.4, -0.2) is 73.8 Å². The van der Waals surface area contributed by atoms with Crippen LogP contribution in [0.3, 0.4) is 0 Å². The van der Waals surface area contributed by atoms with E-state index in [1.807, 2.05) is 6.92 Å². The van der Waals surface area contributed by atoms with Gasteiger partial charge < -0.3 is 25.4 Å². The Morgan fingerprint density at radius 3 is 2.57 bits per heavy atom. The highest BCUT2D eigenvalue weighted by molar-refractivity contribution is 5.83. The smallest absolute Gasteiger partial charge is 0.405 e. The Hall–Kier alpha value is -2.39. The third-order valence-electron chi connectivity index (χ3n) is 5.74. The number of amides is 2. The highest BCUT2D eigenvalue weighted by Gasteiger charge is 2.36. The van der Waals surface area contributed by atoms with Crippen LogP contribution in [0.1, 0.15) is 25.3 Å². The average molecular weight is 423 g/mol. The number of rotatable bonds is 7. The van der Waals surface area contributed by atoms with Gasteiger partial charge in [-0.05, 0) is 45.0 Å². The molecule has 8 nitrogen and oxygen atoms in total. The number of piperazine rings is 1. The van der Waals surface area contributed by atoms with Crippen LogP contribution in [0.2, 0.25) is 0 Å². The fourth-order valence-electron chi connectivity index (χ4n) is 4.13. The van der Waals surface area contributed by atoms with Gasteiger partial charge >= 0.3 is 6.09 Å². The number of piperidine rings is 1. The zero-order valence-corrected chi connectivity index (χ0v) is 17.4. The number of carbonyl (C=O) groups excluding carboxylic acids is 2. The number of hydrogen-bond donors (Lipinski definition) is 2. The number of ether oxygens (including phenoxy) is 2. The number of hydrogen-bond acceptors (Lipinski definition) is 6. The number of halogens is 1. The molecule has 0 spiro atoms. The van der Waals surface area contributed by atoms with Gasteiger partial charge in [0.05, 0.1) is 6.61 Å². The molecule has 1 aromatic rings. The van der Waals surface area contributed by atoms with Gasteiger partial charge in [0.25, 0.3) is 5.91 Å². The average Bonchev–Trinajstić information content (AvgIpc) is 2.75. The first-order valence-electron chi connectivity index (χ1n) is 10.6. The van der Waals surface area contributed by atoms with Crippen molar-refractivity contribution in [1.29, 1.82) is 0 Å². The molecule has 3 rings (SSSR count). The quantitative estimate of drug-likeness (QED) is 0.688. The van der Waals surface area contributed by atoms with Gasteiger partial charge in [-0.15, -0.1) is 0 Å². The summed E-state index contributed by atoms with van der Waals surface area (Å²) in [6, 6.07) is 4.84. The summed E-state index contributed by atoms with van der Waals surface area (Å²) in [4.78, 5) is 28.3. The summed E-state index contributed by atoms with van der Waals surface area (Å²) in [6.45, 7) is 6.50. The lowest BCUT2D eigenvalue weighted by molar-refractivity contribution is -0.145. The molecule has 2 fully saturated rings. The number of primary amides is 1. The molecule has 2 heterocycles. The van der Waals surface area contributed by atoms with E-state index in [0.29, 0.717) is 50.6 Å². The Morgan fingerprint density at radius 1 is 1.23 bits per heavy atom. The van der Waals surface area contributed by atoms with Crippen LogP contribution in [0.25, 0.3) is 0 Å². The number of nitrogens with two attached hydrogens (primary N) is 1. The molecule has 3 N–H and O–H groups in total. The second-order valence-corrected chi connectivity index (χ2v) is 7.70. The molecule has 0 aromatic heterocycles. The van der Waals surface area contributed by atoms with E-state index >= 15 is 0 Å². The molecule has 2 saturated heterocycles. The Labute approximate surface area is 176 Å². The van der Waals surface area contributed by atoms with Crippen molar-refractivity contribution in [2.45, 2.75) is 32.4 Å². The van der Waals surface area contributed by atoms with Crippen LogP contribution < -0.4 is 15.8 Å². The van der Waals surface area contributed by atoms with E-state index in [-0.39, 0.29) is 17.6 Å². The fraction of sp³-hybridized carbons (Fsp3) is 0.619. The molecule has 2 aliphatic rings. The van der Waals surface area contributed by atoms with E-state index in [2.05, 4.69) is 10.2 Å². The monoisotopic (exact) mass is 422 g/mol. The molecule has 0 unspecified atom stereocenters. The maximum atomic E-state index is 14.3. The van der Waals surface area contributed by atoms with E-state index in [1.54, 1.807) is 17.0 Å². The highest BCUT2D eigenvalue weighted by atomic mass is 19.1. The van der Waals surface area contributed by atoms with Crippen LogP contribution in [0, 0.1) is 11.7 Å². The number of carbonyl (C=O) groups is 2. The standard InChI is InChI=1S/C21H31FN4O4/c1-2-29-18-5-3-4-17(22)16(18)14-25-10-12-26(13-11-25)20(27)19(30-21(23)28)15-6-8-24-9-7-15/h3-5,15,19,24H,2,6-14H2,1H3,(H2,23,28)/t19-/m1/s1. The van der Waals surface area contributed by atoms with Crippen LogP contribution in [-0.2, 0) is 16.1 Å². The highest BCUT2D eigenvalue weighted by Crippen LogP contribution is 2.25. The van der Waals surface area contributed by atoms with Crippen LogP contribution >= 0.6 is 0 Å². The third kappa shape index (κ3) is 5.60. The van der Waals surface area contributed by atoms with Gasteiger partial charge in [-0.3, -0.25) is 9.69 Å². The number of nitrogens with zero attached hydrogens (tertiary/aromatic N) is 2. The SMILES string of the molecule is CCOc1cccc(F)c1CN1CCN(C(=O)[C@H](OC(N)=O)C2CCNCC2)CC1. The maximum absolute atomic E-state index is 14.3. The van der Waals surface area contributed by atoms with Gasteiger partial charge in [-0.1, -0.05) is 6.07 Å². The van der Waals surface area contributed by atoms with Gasteiger partial charge in [0.2, 0.25) is 0 Å². The lowest BCUT2D eigenvalue weighted by Gasteiger charge is -2.38. The zero-order chi connectivity index (χ0) is 21.5. The van der Waals surface area contributed by atoms with Crippen LogP contribution in [0.5, 0.6) is 5.75 Å². The normalized spacial score (nSPS) is 19.3. The molecular weight excluding hydrogens is 391 g/mol. The predicted molar refractivity (Wildman–Crippen MR) is 109 cm³/mol. The van der Waals surface area contributed by atoms with Gasteiger partial charge in [0.1, 0.15) is 11.6 Å². The molecule has 2 aliphatic heterocycles. The summed E-state index contributed by atoms with van der Waals surface area (Å²) in [6.07, 6.45) is -0.241. The second kappa shape index (κ2) is 10.6. The summed E-state index contributed by atoms with van der Waals surface area (Å²) >= 11 is 0. The molecule has 1 atom stereocenters. The van der Waals surface area contributed by atoms with Crippen molar-refractivity contribution < 1.29 is 23.5 Å². The van der Waals surface area contributed by atoms with Crippen molar-refractivity contribution >= 4 is 12.0 Å². The van der Waals surface area contributed by atoms with E-state index < -0.39 is 12.2 Å². The minimum absolute atomic E-state index is 0.0311.